The molecule has 104 valence electrons. The zero-order valence-corrected chi connectivity index (χ0v) is 12.2. The highest BCUT2D eigenvalue weighted by molar-refractivity contribution is 6.34. The van der Waals surface area contributed by atoms with Crippen molar-refractivity contribution in [1.82, 2.24) is 15.1 Å². The molecule has 0 fully saturated rings. The highest BCUT2D eigenvalue weighted by Crippen LogP contribution is 2.31. The Balaban J connectivity index is 2.07. The quantitative estimate of drug-likeness (QED) is 0.799. The monoisotopic (exact) mass is 289 g/mol. The second-order valence-electron chi connectivity index (χ2n) is 4.74. The second kappa shape index (κ2) is 5.31. The molecule has 4 nitrogen and oxygen atoms in total. The van der Waals surface area contributed by atoms with Crippen LogP contribution >= 0.6 is 11.6 Å². The molecule has 3 rings (SSSR count). The van der Waals surface area contributed by atoms with Gasteiger partial charge in [-0.2, -0.15) is 5.10 Å². The van der Waals surface area contributed by atoms with Gasteiger partial charge in [0.05, 0.1) is 17.3 Å². The number of rotatable bonds is 4. The van der Waals surface area contributed by atoms with E-state index in [4.69, 9.17) is 16.0 Å². The largest absolute Gasteiger partial charge is 0.457 e. The Bertz CT molecular complexity index is 732. The van der Waals surface area contributed by atoms with Crippen molar-refractivity contribution in [2.45, 2.75) is 13.0 Å². The van der Waals surface area contributed by atoms with E-state index in [2.05, 4.69) is 17.3 Å². The first kappa shape index (κ1) is 13.2. The number of hydrogen-bond acceptors (Lipinski definition) is 3. The summed E-state index contributed by atoms with van der Waals surface area (Å²) in [5.41, 5.74) is 1.81. The first-order valence-corrected chi connectivity index (χ1v) is 6.96. The maximum atomic E-state index is 6.17. The van der Waals surface area contributed by atoms with E-state index in [0.29, 0.717) is 5.02 Å². The Morgan fingerprint density at radius 1 is 1.45 bits per heavy atom. The summed E-state index contributed by atoms with van der Waals surface area (Å²) < 4.78 is 7.73. The number of fused-ring (bicyclic) bond motifs is 1. The minimum absolute atomic E-state index is 0.0165. The molecule has 0 saturated carbocycles. The smallest absolute Gasteiger partial charge is 0.152 e. The van der Waals surface area contributed by atoms with E-state index in [1.807, 2.05) is 43.7 Å². The highest BCUT2D eigenvalue weighted by Gasteiger charge is 2.19. The van der Waals surface area contributed by atoms with Gasteiger partial charge in [-0.15, -0.1) is 0 Å². The molecule has 0 aliphatic rings. The van der Waals surface area contributed by atoms with Crippen molar-refractivity contribution in [2.75, 3.05) is 6.54 Å². The summed E-state index contributed by atoms with van der Waals surface area (Å²) in [6.45, 7) is 2.91. The van der Waals surface area contributed by atoms with Gasteiger partial charge >= 0.3 is 0 Å². The number of benzene rings is 1. The minimum atomic E-state index is -0.0165. The fourth-order valence-electron chi connectivity index (χ4n) is 2.37. The Labute approximate surface area is 122 Å². The lowest BCUT2D eigenvalue weighted by atomic mass is 10.1. The summed E-state index contributed by atoms with van der Waals surface area (Å²) in [5, 5.41) is 9.29. The molecular formula is C15H16ClN3O. The number of aromatic nitrogens is 2. The first-order chi connectivity index (χ1) is 9.69. The van der Waals surface area contributed by atoms with Crippen molar-refractivity contribution in [3.63, 3.8) is 0 Å². The van der Waals surface area contributed by atoms with Crippen LogP contribution in [-0.2, 0) is 7.05 Å². The van der Waals surface area contributed by atoms with Crippen molar-refractivity contribution in [2.24, 2.45) is 7.05 Å². The Morgan fingerprint density at radius 2 is 2.30 bits per heavy atom. The van der Waals surface area contributed by atoms with Crippen molar-refractivity contribution in [1.29, 1.82) is 0 Å². The van der Waals surface area contributed by atoms with Crippen LogP contribution in [-0.4, -0.2) is 16.3 Å². The van der Waals surface area contributed by atoms with E-state index in [1.165, 1.54) is 0 Å². The van der Waals surface area contributed by atoms with Crippen molar-refractivity contribution in [3.05, 3.63) is 53.0 Å². The van der Waals surface area contributed by atoms with Crippen LogP contribution in [0, 0.1) is 0 Å². The molecule has 5 heteroatoms. The predicted octanol–water partition coefficient (Wildman–Crippen LogP) is 3.52. The van der Waals surface area contributed by atoms with Crippen molar-refractivity contribution in [3.8, 4) is 0 Å². The molecule has 1 unspecified atom stereocenters. The van der Waals surface area contributed by atoms with Gasteiger partial charge < -0.3 is 9.73 Å². The minimum Gasteiger partial charge on any atom is -0.457 e. The number of hydrogen-bond donors (Lipinski definition) is 1. The van der Waals surface area contributed by atoms with Crippen LogP contribution in [0.5, 0.6) is 0 Å². The molecule has 3 aromatic rings. The summed E-state index contributed by atoms with van der Waals surface area (Å²) in [6, 6.07) is 7.78. The fourth-order valence-corrected chi connectivity index (χ4v) is 2.59. The summed E-state index contributed by atoms with van der Waals surface area (Å²) >= 11 is 6.17. The molecular weight excluding hydrogens is 274 g/mol. The first-order valence-electron chi connectivity index (χ1n) is 6.59. The van der Waals surface area contributed by atoms with Gasteiger partial charge in [0.1, 0.15) is 5.76 Å². The van der Waals surface area contributed by atoms with Gasteiger partial charge in [0, 0.05) is 24.2 Å². The maximum absolute atomic E-state index is 6.17. The molecule has 0 bridgehead atoms. The molecule has 0 saturated heterocycles. The van der Waals surface area contributed by atoms with Gasteiger partial charge in [0.15, 0.2) is 5.58 Å². The van der Waals surface area contributed by atoms with Crippen LogP contribution in [0.3, 0.4) is 0 Å². The Hall–Kier alpha value is -1.78. The van der Waals surface area contributed by atoms with Gasteiger partial charge in [-0.25, -0.2) is 0 Å². The predicted molar refractivity (Wildman–Crippen MR) is 80.0 cm³/mol. The standard InChI is InChI=1S/C15H16ClN3O/c1-3-17-14(11-8-18-19(2)9-11)13-7-10-5-4-6-12(16)15(10)20-13/h4-9,14,17H,3H2,1-2H3. The van der Waals surface area contributed by atoms with E-state index in [9.17, 15) is 0 Å². The summed E-state index contributed by atoms with van der Waals surface area (Å²) in [6.07, 6.45) is 3.84. The molecule has 0 spiro atoms. The van der Waals surface area contributed by atoms with E-state index < -0.39 is 0 Å². The average Bonchev–Trinajstić information content (AvgIpc) is 3.03. The fraction of sp³-hybridized carbons (Fsp3) is 0.267. The normalized spacial score (nSPS) is 12.9. The molecule has 1 N–H and O–H groups in total. The molecule has 1 atom stereocenters. The van der Waals surface area contributed by atoms with Crippen LogP contribution in [0.2, 0.25) is 5.02 Å². The maximum Gasteiger partial charge on any atom is 0.152 e. The molecule has 0 aliphatic carbocycles. The molecule has 1 aromatic carbocycles. The summed E-state index contributed by atoms with van der Waals surface area (Å²) in [4.78, 5) is 0. The van der Waals surface area contributed by atoms with Gasteiger partial charge in [-0.05, 0) is 18.7 Å². The summed E-state index contributed by atoms with van der Waals surface area (Å²) in [5.74, 6) is 0.850. The van der Waals surface area contributed by atoms with Crippen molar-refractivity contribution < 1.29 is 4.42 Å². The third-order valence-electron chi connectivity index (χ3n) is 3.27. The zero-order chi connectivity index (χ0) is 14.1. The number of aryl methyl sites for hydroxylation is 1. The zero-order valence-electron chi connectivity index (χ0n) is 11.4. The number of nitrogens with one attached hydrogen (secondary N) is 1. The van der Waals surface area contributed by atoms with Gasteiger partial charge in [-0.1, -0.05) is 30.7 Å². The SMILES string of the molecule is CCNC(c1cnn(C)c1)c1cc2cccc(Cl)c2o1. The lowest BCUT2D eigenvalue weighted by Crippen LogP contribution is -2.21. The third kappa shape index (κ3) is 2.32. The van der Waals surface area contributed by atoms with Crippen molar-refractivity contribution >= 4 is 22.6 Å². The van der Waals surface area contributed by atoms with Crippen LogP contribution < -0.4 is 5.32 Å². The molecule has 2 aromatic heterocycles. The Morgan fingerprint density at radius 3 is 2.95 bits per heavy atom. The summed E-state index contributed by atoms with van der Waals surface area (Å²) in [7, 11) is 1.90. The lowest BCUT2D eigenvalue weighted by Gasteiger charge is -2.13. The number of furan rings is 1. The van der Waals surface area contributed by atoms with E-state index >= 15 is 0 Å². The molecule has 2 heterocycles. The van der Waals surface area contributed by atoms with E-state index in [0.717, 1.165) is 28.8 Å². The highest BCUT2D eigenvalue weighted by atomic mass is 35.5. The Kier molecular flexibility index (Phi) is 3.51. The van der Waals surface area contributed by atoms with Gasteiger partial charge in [-0.3, -0.25) is 4.68 Å². The van der Waals surface area contributed by atoms with E-state index in [-0.39, 0.29) is 6.04 Å². The number of halogens is 1. The van der Waals surface area contributed by atoms with Crippen LogP contribution in [0.25, 0.3) is 11.0 Å². The number of para-hydroxylation sites is 1. The molecule has 20 heavy (non-hydrogen) atoms. The molecule has 0 amide bonds. The van der Waals surface area contributed by atoms with Crippen LogP contribution in [0.4, 0.5) is 0 Å². The third-order valence-corrected chi connectivity index (χ3v) is 3.56. The molecule has 0 aliphatic heterocycles. The van der Waals surface area contributed by atoms with Crippen LogP contribution in [0.1, 0.15) is 24.3 Å². The second-order valence-corrected chi connectivity index (χ2v) is 5.15. The van der Waals surface area contributed by atoms with Gasteiger partial charge in [0.2, 0.25) is 0 Å². The lowest BCUT2D eigenvalue weighted by molar-refractivity contribution is 0.477. The van der Waals surface area contributed by atoms with Crippen LogP contribution in [0.15, 0.2) is 41.1 Å². The topological polar surface area (TPSA) is 43.0 Å². The average molecular weight is 290 g/mol. The molecule has 0 radical (unpaired) electrons. The van der Waals surface area contributed by atoms with E-state index in [1.54, 1.807) is 4.68 Å². The number of nitrogens with zero attached hydrogens (tertiary/aromatic N) is 2. The van der Waals surface area contributed by atoms with Gasteiger partial charge in [0.25, 0.3) is 0 Å².